The fourth-order valence-corrected chi connectivity index (χ4v) is 2.89. The minimum Gasteiger partial charge on any atom is -0.311 e. The molecule has 0 aromatic carbocycles. The van der Waals surface area contributed by atoms with Crippen LogP contribution in [-0.2, 0) is 0 Å². The summed E-state index contributed by atoms with van der Waals surface area (Å²) < 4.78 is 0. The van der Waals surface area contributed by atoms with Gasteiger partial charge in [-0.15, -0.1) is 0 Å². The van der Waals surface area contributed by atoms with Crippen molar-refractivity contribution in [3.63, 3.8) is 0 Å². The molecule has 0 radical (unpaired) electrons. The monoisotopic (exact) mass is 197 g/mol. The van der Waals surface area contributed by atoms with E-state index in [4.69, 9.17) is 0 Å². The zero-order valence-corrected chi connectivity index (χ0v) is 10.3. The first-order valence-electron chi connectivity index (χ1n) is 6.39. The molecule has 0 amide bonds. The van der Waals surface area contributed by atoms with Crippen molar-refractivity contribution in [2.75, 3.05) is 0 Å². The van der Waals surface area contributed by atoms with Gasteiger partial charge in [0.2, 0.25) is 0 Å². The molecule has 1 fully saturated rings. The molecule has 1 aliphatic carbocycles. The lowest BCUT2D eigenvalue weighted by Crippen LogP contribution is -2.39. The van der Waals surface area contributed by atoms with Gasteiger partial charge in [-0.3, -0.25) is 0 Å². The second-order valence-electron chi connectivity index (χ2n) is 5.40. The fraction of sp³-hybridized carbons (Fsp3) is 1.00. The molecule has 0 spiro atoms. The molecular formula is C13H27N. The van der Waals surface area contributed by atoms with Crippen LogP contribution in [0.1, 0.15) is 59.8 Å². The Morgan fingerprint density at radius 3 is 2.50 bits per heavy atom. The normalized spacial score (nSPS) is 29.8. The molecule has 1 N–H and O–H groups in total. The van der Waals surface area contributed by atoms with Gasteiger partial charge in [0.1, 0.15) is 0 Å². The molecule has 0 aromatic heterocycles. The summed E-state index contributed by atoms with van der Waals surface area (Å²) in [6.07, 6.45) is 6.95. The molecule has 3 unspecified atom stereocenters. The Hall–Kier alpha value is -0.0400. The molecule has 1 aliphatic rings. The molecular weight excluding hydrogens is 170 g/mol. The predicted octanol–water partition coefficient (Wildman–Crippen LogP) is 3.59. The van der Waals surface area contributed by atoms with Crippen LogP contribution in [0.15, 0.2) is 0 Å². The molecule has 0 aliphatic heterocycles. The van der Waals surface area contributed by atoms with Gasteiger partial charge in [-0.2, -0.15) is 0 Å². The van der Waals surface area contributed by atoms with E-state index in [1.54, 1.807) is 0 Å². The van der Waals surface area contributed by atoms with Gasteiger partial charge in [0.25, 0.3) is 0 Å². The zero-order valence-electron chi connectivity index (χ0n) is 10.3. The molecule has 3 atom stereocenters. The van der Waals surface area contributed by atoms with Crippen LogP contribution in [-0.4, -0.2) is 12.1 Å². The topological polar surface area (TPSA) is 12.0 Å². The SMILES string of the molecule is CCC1CCCC1NC(C)CC(C)C. The lowest BCUT2D eigenvalue weighted by Gasteiger charge is -2.25. The van der Waals surface area contributed by atoms with Crippen molar-refractivity contribution in [1.29, 1.82) is 0 Å². The highest BCUT2D eigenvalue weighted by molar-refractivity contribution is 4.84. The lowest BCUT2D eigenvalue weighted by atomic mass is 9.98. The minimum atomic E-state index is 0.701. The van der Waals surface area contributed by atoms with E-state index in [0.29, 0.717) is 6.04 Å². The standard InChI is InChI=1S/C13H27N/c1-5-12-7-6-8-13(12)14-11(4)9-10(2)3/h10-14H,5-9H2,1-4H3. The molecule has 1 nitrogen and oxygen atoms in total. The maximum atomic E-state index is 3.81. The van der Waals surface area contributed by atoms with Crippen molar-refractivity contribution in [2.45, 2.75) is 71.9 Å². The summed E-state index contributed by atoms with van der Waals surface area (Å²) >= 11 is 0. The van der Waals surface area contributed by atoms with Gasteiger partial charge in [-0.1, -0.05) is 33.6 Å². The molecule has 1 saturated carbocycles. The Balaban J connectivity index is 2.28. The number of hydrogen-bond acceptors (Lipinski definition) is 1. The van der Waals surface area contributed by atoms with E-state index in [1.165, 1.54) is 32.1 Å². The smallest absolute Gasteiger partial charge is 0.00977 e. The van der Waals surface area contributed by atoms with E-state index in [9.17, 15) is 0 Å². The van der Waals surface area contributed by atoms with E-state index in [0.717, 1.165) is 17.9 Å². The van der Waals surface area contributed by atoms with Crippen LogP contribution in [0.5, 0.6) is 0 Å². The summed E-state index contributed by atoms with van der Waals surface area (Å²) in [7, 11) is 0. The van der Waals surface area contributed by atoms with Gasteiger partial charge in [-0.05, 0) is 38.0 Å². The maximum Gasteiger partial charge on any atom is 0.00977 e. The van der Waals surface area contributed by atoms with Crippen molar-refractivity contribution >= 4 is 0 Å². The third-order valence-electron chi connectivity index (χ3n) is 3.51. The molecule has 0 heterocycles. The summed E-state index contributed by atoms with van der Waals surface area (Å²) in [6.45, 7) is 9.29. The first-order valence-corrected chi connectivity index (χ1v) is 6.39. The first-order chi connectivity index (χ1) is 6.63. The summed E-state index contributed by atoms with van der Waals surface area (Å²) in [6, 6.07) is 1.51. The molecule has 1 rings (SSSR count). The van der Waals surface area contributed by atoms with Crippen LogP contribution in [0.25, 0.3) is 0 Å². The Morgan fingerprint density at radius 1 is 1.21 bits per heavy atom. The number of hydrogen-bond donors (Lipinski definition) is 1. The lowest BCUT2D eigenvalue weighted by molar-refractivity contribution is 0.331. The summed E-state index contributed by atoms with van der Waals surface area (Å²) in [5.41, 5.74) is 0. The highest BCUT2D eigenvalue weighted by Gasteiger charge is 2.26. The van der Waals surface area contributed by atoms with Gasteiger partial charge in [-0.25, -0.2) is 0 Å². The van der Waals surface area contributed by atoms with E-state index in [2.05, 4.69) is 33.0 Å². The van der Waals surface area contributed by atoms with E-state index in [-0.39, 0.29) is 0 Å². The van der Waals surface area contributed by atoms with Crippen molar-refractivity contribution in [3.05, 3.63) is 0 Å². The van der Waals surface area contributed by atoms with E-state index < -0.39 is 0 Å². The van der Waals surface area contributed by atoms with Crippen molar-refractivity contribution in [3.8, 4) is 0 Å². The van der Waals surface area contributed by atoms with Crippen molar-refractivity contribution in [1.82, 2.24) is 5.32 Å². The molecule has 0 bridgehead atoms. The second-order valence-corrected chi connectivity index (χ2v) is 5.40. The largest absolute Gasteiger partial charge is 0.311 e. The second kappa shape index (κ2) is 5.75. The molecule has 84 valence electrons. The van der Waals surface area contributed by atoms with Gasteiger partial charge < -0.3 is 5.32 Å². The van der Waals surface area contributed by atoms with Crippen LogP contribution in [0.4, 0.5) is 0 Å². The molecule has 0 saturated heterocycles. The van der Waals surface area contributed by atoms with Crippen LogP contribution in [0.2, 0.25) is 0 Å². The average Bonchev–Trinajstić information content (AvgIpc) is 2.50. The van der Waals surface area contributed by atoms with Crippen LogP contribution >= 0.6 is 0 Å². The third-order valence-corrected chi connectivity index (χ3v) is 3.51. The summed E-state index contributed by atoms with van der Waals surface area (Å²) in [5, 5.41) is 3.81. The average molecular weight is 197 g/mol. The summed E-state index contributed by atoms with van der Waals surface area (Å²) in [4.78, 5) is 0. The number of nitrogens with one attached hydrogen (secondary N) is 1. The van der Waals surface area contributed by atoms with Crippen LogP contribution in [0, 0.1) is 11.8 Å². The van der Waals surface area contributed by atoms with Crippen LogP contribution < -0.4 is 5.32 Å². The van der Waals surface area contributed by atoms with Crippen molar-refractivity contribution < 1.29 is 0 Å². The third kappa shape index (κ3) is 3.61. The zero-order chi connectivity index (χ0) is 10.6. The van der Waals surface area contributed by atoms with Crippen LogP contribution in [0.3, 0.4) is 0 Å². The van der Waals surface area contributed by atoms with Gasteiger partial charge >= 0.3 is 0 Å². The Kier molecular flexibility index (Phi) is 4.94. The van der Waals surface area contributed by atoms with E-state index >= 15 is 0 Å². The highest BCUT2D eigenvalue weighted by Crippen LogP contribution is 2.28. The van der Waals surface area contributed by atoms with Gasteiger partial charge in [0, 0.05) is 12.1 Å². The maximum absolute atomic E-state index is 3.81. The van der Waals surface area contributed by atoms with Crippen molar-refractivity contribution in [2.24, 2.45) is 11.8 Å². The van der Waals surface area contributed by atoms with Gasteiger partial charge in [0.15, 0.2) is 0 Å². The van der Waals surface area contributed by atoms with E-state index in [1.807, 2.05) is 0 Å². The summed E-state index contributed by atoms with van der Waals surface area (Å²) in [5.74, 6) is 1.77. The van der Waals surface area contributed by atoms with Gasteiger partial charge in [0.05, 0.1) is 0 Å². The number of rotatable bonds is 5. The Bertz CT molecular complexity index is 153. The fourth-order valence-electron chi connectivity index (χ4n) is 2.89. The molecule has 0 aromatic rings. The Labute approximate surface area is 89.7 Å². The minimum absolute atomic E-state index is 0.701. The quantitative estimate of drug-likeness (QED) is 0.710. The first kappa shape index (κ1) is 12.0. The molecule has 14 heavy (non-hydrogen) atoms. The Morgan fingerprint density at radius 2 is 1.93 bits per heavy atom. The molecule has 1 heteroatoms. The predicted molar refractivity (Wildman–Crippen MR) is 63.5 cm³/mol. The highest BCUT2D eigenvalue weighted by atomic mass is 15.0.